The second-order valence-corrected chi connectivity index (χ2v) is 3.55. The first-order valence-electron chi connectivity index (χ1n) is 4.44. The van der Waals surface area contributed by atoms with Gasteiger partial charge in [-0.2, -0.15) is 0 Å². The monoisotopic (exact) mass is 185 g/mol. The highest BCUT2D eigenvalue weighted by Gasteiger charge is 2.17. The molecule has 0 amide bonds. The van der Waals surface area contributed by atoms with Crippen molar-refractivity contribution in [1.29, 1.82) is 0 Å². The second-order valence-electron chi connectivity index (χ2n) is 3.55. The summed E-state index contributed by atoms with van der Waals surface area (Å²) in [6, 6.07) is 5.08. The summed E-state index contributed by atoms with van der Waals surface area (Å²) < 4.78 is 0. The molecule has 2 aliphatic rings. The molecule has 2 bridgehead atoms. The van der Waals surface area contributed by atoms with E-state index in [4.69, 9.17) is 0 Å². The summed E-state index contributed by atoms with van der Waals surface area (Å²) in [5, 5.41) is 12.8. The molecule has 0 saturated heterocycles. The SMILES string of the molecule is O=[N+]([O-])c1ccc2c(c1)=C1C=CC=2C1. The molecule has 0 fully saturated rings. The number of nitro groups is 1. The van der Waals surface area contributed by atoms with Crippen LogP contribution in [0.5, 0.6) is 0 Å². The van der Waals surface area contributed by atoms with Crippen LogP contribution in [0.15, 0.2) is 30.4 Å². The number of hydrogen-bond donors (Lipinski definition) is 0. The Hall–Kier alpha value is -1.90. The van der Waals surface area contributed by atoms with Gasteiger partial charge in [0.05, 0.1) is 4.92 Å². The molecule has 1 aromatic carbocycles. The van der Waals surface area contributed by atoms with Gasteiger partial charge in [-0.05, 0) is 34.1 Å². The fraction of sp³-hybridized carbons (Fsp3) is 0.0909. The normalized spacial score (nSPS) is 16.3. The Kier molecular flexibility index (Phi) is 1.24. The van der Waals surface area contributed by atoms with E-state index in [0.29, 0.717) is 0 Å². The Morgan fingerprint density at radius 2 is 1.86 bits per heavy atom. The van der Waals surface area contributed by atoms with Crippen LogP contribution in [0.25, 0.3) is 11.1 Å². The van der Waals surface area contributed by atoms with Crippen molar-refractivity contribution >= 4 is 16.8 Å². The minimum Gasteiger partial charge on any atom is -0.258 e. The van der Waals surface area contributed by atoms with Crippen molar-refractivity contribution in [3.05, 3.63) is 50.9 Å². The van der Waals surface area contributed by atoms with E-state index in [2.05, 4.69) is 6.08 Å². The molecule has 14 heavy (non-hydrogen) atoms. The summed E-state index contributed by atoms with van der Waals surface area (Å²) in [6.45, 7) is 0. The van der Waals surface area contributed by atoms with Gasteiger partial charge in [0.25, 0.3) is 5.69 Å². The topological polar surface area (TPSA) is 43.1 Å². The Morgan fingerprint density at radius 3 is 2.57 bits per heavy atom. The van der Waals surface area contributed by atoms with E-state index in [1.54, 1.807) is 12.1 Å². The molecule has 0 saturated carbocycles. The summed E-state index contributed by atoms with van der Waals surface area (Å²) in [4.78, 5) is 10.2. The largest absolute Gasteiger partial charge is 0.270 e. The van der Waals surface area contributed by atoms with Gasteiger partial charge >= 0.3 is 0 Å². The first-order valence-corrected chi connectivity index (χ1v) is 4.44. The molecule has 0 atom stereocenters. The van der Waals surface area contributed by atoms with Crippen LogP contribution in [0.4, 0.5) is 5.69 Å². The maximum absolute atomic E-state index is 10.6. The molecular weight excluding hydrogens is 178 g/mol. The molecule has 1 aromatic rings. The summed E-state index contributed by atoms with van der Waals surface area (Å²) in [6.07, 6.45) is 5.07. The lowest BCUT2D eigenvalue weighted by molar-refractivity contribution is -0.385. The molecule has 68 valence electrons. The van der Waals surface area contributed by atoms with E-state index in [0.717, 1.165) is 16.9 Å². The molecule has 0 radical (unpaired) electrons. The number of non-ortho nitro benzene ring substituents is 1. The van der Waals surface area contributed by atoms with Crippen molar-refractivity contribution in [2.24, 2.45) is 0 Å². The van der Waals surface area contributed by atoms with E-state index in [1.165, 1.54) is 11.1 Å². The molecule has 3 heteroatoms. The maximum Gasteiger partial charge on any atom is 0.270 e. The Labute approximate surface area is 79.8 Å². The summed E-state index contributed by atoms with van der Waals surface area (Å²) in [5.74, 6) is 0. The fourth-order valence-corrected chi connectivity index (χ4v) is 2.09. The molecule has 2 aliphatic carbocycles. The van der Waals surface area contributed by atoms with Gasteiger partial charge in [0, 0.05) is 12.1 Å². The predicted molar refractivity (Wildman–Crippen MR) is 52.9 cm³/mol. The zero-order valence-electron chi connectivity index (χ0n) is 7.36. The van der Waals surface area contributed by atoms with Gasteiger partial charge in [-0.3, -0.25) is 10.1 Å². The van der Waals surface area contributed by atoms with Gasteiger partial charge in [-0.1, -0.05) is 12.2 Å². The van der Waals surface area contributed by atoms with Gasteiger partial charge in [0.1, 0.15) is 0 Å². The molecule has 0 aromatic heterocycles. The lowest BCUT2D eigenvalue weighted by atomic mass is 10.1. The van der Waals surface area contributed by atoms with Crippen LogP contribution >= 0.6 is 0 Å². The number of nitro benzene ring substituents is 1. The van der Waals surface area contributed by atoms with E-state index in [9.17, 15) is 10.1 Å². The number of nitrogens with zero attached hydrogens (tertiary/aromatic N) is 1. The molecule has 3 nitrogen and oxygen atoms in total. The Bertz CT molecular complexity index is 596. The third-order valence-electron chi connectivity index (χ3n) is 2.77. The number of allylic oxidation sites excluding steroid dienone is 2. The highest BCUT2D eigenvalue weighted by Crippen LogP contribution is 2.25. The lowest BCUT2D eigenvalue weighted by Crippen LogP contribution is -2.25. The third kappa shape index (κ3) is 0.812. The van der Waals surface area contributed by atoms with Crippen LogP contribution in [0, 0.1) is 10.1 Å². The number of rotatable bonds is 1. The molecule has 0 N–H and O–H groups in total. The minimum atomic E-state index is -0.346. The van der Waals surface area contributed by atoms with Gasteiger partial charge in [0.15, 0.2) is 0 Å². The van der Waals surface area contributed by atoms with Crippen molar-refractivity contribution < 1.29 is 4.92 Å². The standard InChI is InChI=1S/C11H7NO2/c13-12(14)9-3-4-10-7-1-2-8(5-7)11(10)6-9/h1-4,6H,5H2. The highest BCUT2D eigenvalue weighted by atomic mass is 16.6. The quantitative estimate of drug-likeness (QED) is 0.481. The van der Waals surface area contributed by atoms with Crippen molar-refractivity contribution in [2.45, 2.75) is 6.42 Å². The van der Waals surface area contributed by atoms with E-state index >= 15 is 0 Å². The molecule has 3 rings (SSSR count). The average molecular weight is 185 g/mol. The van der Waals surface area contributed by atoms with Gasteiger partial charge < -0.3 is 0 Å². The number of hydrogen-bond acceptors (Lipinski definition) is 2. The summed E-state index contributed by atoms with van der Waals surface area (Å²) >= 11 is 0. The predicted octanol–water partition coefficient (Wildman–Crippen LogP) is 0.870. The smallest absolute Gasteiger partial charge is 0.258 e. The van der Waals surface area contributed by atoms with Crippen molar-refractivity contribution in [3.63, 3.8) is 0 Å². The van der Waals surface area contributed by atoms with Crippen LogP contribution in [0.3, 0.4) is 0 Å². The van der Waals surface area contributed by atoms with Gasteiger partial charge in [0.2, 0.25) is 0 Å². The van der Waals surface area contributed by atoms with Crippen LogP contribution in [0.1, 0.15) is 6.42 Å². The van der Waals surface area contributed by atoms with Gasteiger partial charge in [-0.25, -0.2) is 0 Å². The minimum absolute atomic E-state index is 0.179. The van der Waals surface area contributed by atoms with E-state index < -0.39 is 0 Å². The first kappa shape index (κ1) is 7.50. The van der Waals surface area contributed by atoms with E-state index in [1.807, 2.05) is 12.1 Å². The lowest BCUT2D eigenvalue weighted by Gasteiger charge is -1.94. The van der Waals surface area contributed by atoms with Crippen LogP contribution in [-0.4, -0.2) is 4.92 Å². The molecule has 0 heterocycles. The molecule has 0 spiro atoms. The maximum atomic E-state index is 10.6. The van der Waals surface area contributed by atoms with E-state index in [-0.39, 0.29) is 10.6 Å². The summed E-state index contributed by atoms with van der Waals surface area (Å²) in [5.41, 5.74) is 2.67. The first-order chi connectivity index (χ1) is 6.75. The van der Waals surface area contributed by atoms with Gasteiger partial charge in [-0.15, -0.1) is 0 Å². The van der Waals surface area contributed by atoms with Crippen LogP contribution < -0.4 is 10.4 Å². The third-order valence-corrected chi connectivity index (χ3v) is 2.77. The molecular formula is C11H7NO2. The van der Waals surface area contributed by atoms with Crippen LogP contribution in [-0.2, 0) is 0 Å². The Balaban J connectivity index is 2.41. The van der Waals surface area contributed by atoms with Crippen molar-refractivity contribution in [3.8, 4) is 0 Å². The average Bonchev–Trinajstić information content (AvgIpc) is 2.77. The fourth-order valence-electron chi connectivity index (χ4n) is 2.09. The van der Waals surface area contributed by atoms with Crippen LogP contribution in [0.2, 0.25) is 0 Å². The zero-order chi connectivity index (χ0) is 9.71. The Morgan fingerprint density at radius 1 is 1.14 bits per heavy atom. The van der Waals surface area contributed by atoms with Crippen molar-refractivity contribution in [1.82, 2.24) is 0 Å². The molecule has 0 aliphatic heterocycles. The number of fused-ring (bicyclic) bond motifs is 3. The second kappa shape index (κ2) is 2.32. The summed E-state index contributed by atoms with van der Waals surface area (Å²) in [7, 11) is 0. The van der Waals surface area contributed by atoms with Crippen molar-refractivity contribution in [2.75, 3.05) is 0 Å². The zero-order valence-corrected chi connectivity index (χ0v) is 7.36. The molecule has 0 unspecified atom stereocenters. The number of benzene rings is 1. The highest BCUT2D eigenvalue weighted by molar-refractivity contribution is 5.85.